The molecule has 98 valence electrons. The fourth-order valence-electron chi connectivity index (χ4n) is 2.66. The van der Waals surface area contributed by atoms with Gasteiger partial charge in [-0.3, -0.25) is 4.79 Å². The minimum absolute atomic E-state index is 0.0628. The smallest absolute Gasteiger partial charge is 0.310 e. The van der Waals surface area contributed by atoms with Crippen LogP contribution in [-0.4, -0.2) is 16.2 Å². The van der Waals surface area contributed by atoms with Gasteiger partial charge >= 0.3 is 5.97 Å². The minimum atomic E-state index is -0.931. The number of benzene rings is 1. The lowest BCUT2D eigenvalue weighted by Gasteiger charge is -2.18. The number of carboxylic acids is 1. The maximum Gasteiger partial charge on any atom is 0.310 e. The van der Waals surface area contributed by atoms with Crippen molar-refractivity contribution >= 4 is 17.6 Å². The van der Waals surface area contributed by atoms with Crippen LogP contribution in [0, 0.1) is 0 Å². The Morgan fingerprint density at radius 2 is 2.00 bits per heavy atom. The number of carboxylic acid groups (broad SMARTS) is 1. The zero-order valence-corrected chi connectivity index (χ0v) is 11.1. The van der Waals surface area contributed by atoms with E-state index in [2.05, 4.69) is 0 Å². The molecule has 1 unspecified atom stereocenters. The predicted molar refractivity (Wildman–Crippen MR) is 70.4 cm³/mol. The highest BCUT2D eigenvalue weighted by Gasteiger charge is 2.26. The third kappa shape index (κ3) is 2.32. The summed E-state index contributed by atoms with van der Waals surface area (Å²) in [7, 11) is 0. The number of halogens is 1. The van der Waals surface area contributed by atoms with Crippen LogP contribution >= 0.6 is 11.6 Å². The molecule has 1 atom stereocenters. The summed E-state index contributed by atoms with van der Waals surface area (Å²) >= 11 is 6.01. The number of rotatable bonds is 2. The average Bonchev–Trinajstić information content (AvgIpc) is 2.55. The molecule has 1 aromatic carbocycles. The van der Waals surface area contributed by atoms with E-state index in [4.69, 9.17) is 16.7 Å². The highest BCUT2D eigenvalue weighted by molar-refractivity contribution is 6.32. The molecular formula is C14H17ClO3. The number of aryl methyl sites for hydroxylation is 1. The molecule has 2 N–H and O–H groups in total. The molecule has 18 heavy (non-hydrogen) atoms. The van der Waals surface area contributed by atoms with Gasteiger partial charge < -0.3 is 10.2 Å². The van der Waals surface area contributed by atoms with Gasteiger partial charge in [0, 0.05) is 5.56 Å². The molecule has 1 aliphatic rings. The fraction of sp³-hybridized carbons (Fsp3) is 0.500. The average molecular weight is 269 g/mol. The van der Waals surface area contributed by atoms with Gasteiger partial charge in [0.05, 0.1) is 10.9 Å². The molecule has 1 aromatic rings. The number of fused-ring (bicyclic) bond motifs is 1. The van der Waals surface area contributed by atoms with E-state index in [9.17, 15) is 9.90 Å². The number of aromatic hydroxyl groups is 1. The van der Waals surface area contributed by atoms with E-state index in [0.717, 1.165) is 43.2 Å². The van der Waals surface area contributed by atoms with E-state index in [1.54, 1.807) is 13.0 Å². The monoisotopic (exact) mass is 268 g/mol. The topological polar surface area (TPSA) is 57.5 Å². The molecular weight excluding hydrogens is 252 g/mol. The fourth-order valence-corrected chi connectivity index (χ4v) is 2.89. The van der Waals surface area contributed by atoms with Gasteiger partial charge in [0.2, 0.25) is 0 Å². The molecule has 0 aliphatic heterocycles. The van der Waals surface area contributed by atoms with E-state index >= 15 is 0 Å². The van der Waals surface area contributed by atoms with E-state index in [-0.39, 0.29) is 10.8 Å². The van der Waals surface area contributed by atoms with Gasteiger partial charge in [0.25, 0.3) is 0 Å². The first-order valence-corrected chi connectivity index (χ1v) is 6.66. The van der Waals surface area contributed by atoms with Gasteiger partial charge in [-0.1, -0.05) is 18.0 Å². The standard InChI is InChI=1S/C14H17ClO3/c1-8(14(17)18)12-10-6-4-2-3-5-9(10)7-11(15)13(12)16/h7-8,16H,2-6H2,1H3,(H,17,18). The second-order valence-electron chi connectivity index (χ2n) is 4.88. The summed E-state index contributed by atoms with van der Waals surface area (Å²) in [6, 6.07) is 1.79. The Bertz CT molecular complexity index is 482. The molecule has 4 heteroatoms. The van der Waals surface area contributed by atoms with Gasteiger partial charge in [-0.2, -0.15) is 0 Å². The molecule has 0 saturated heterocycles. The van der Waals surface area contributed by atoms with Crippen LogP contribution in [0.3, 0.4) is 0 Å². The summed E-state index contributed by atoms with van der Waals surface area (Å²) in [6.45, 7) is 1.60. The van der Waals surface area contributed by atoms with Crippen LogP contribution < -0.4 is 0 Å². The summed E-state index contributed by atoms with van der Waals surface area (Å²) in [5.74, 6) is -1.72. The minimum Gasteiger partial charge on any atom is -0.506 e. The Hall–Kier alpha value is -1.22. The number of hydrogen-bond acceptors (Lipinski definition) is 2. The first-order chi connectivity index (χ1) is 8.52. The second-order valence-corrected chi connectivity index (χ2v) is 5.29. The van der Waals surface area contributed by atoms with E-state index < -0.39 is 11.9 Å². The first-order valence-electron chi connectivity index (χ1n) is 6.28. The Labute approximate surface area is 111 Å². The zero-order chi connectivity index (χ0) is 13.3. The number of carbonyl (C=O) groups is 1. The first kappa shape index (κ1) is 13.2. The second kappa shape index (κ2) is 5.19. The van der Waals surface area contributed by atoms with Crippen molar-refractivity contribution in [2.45, 2.75) is 44.9 Å². The third-order valence-corrected chi connectivity index (χ3v) is 3.96. The highest BCUT2D eigenvalue weighted by Crippen LogP contribution is 2.40. The number of phenols is 1. The largest absolute Gasteiger partial charge is 0.506 e. The van der Waals surface area contributed by atoms with Crippen LogP contribution in [0.25, 0.3) is 0 Å². The molecule has 1 aliphatic carbocycles. The van der Waals surface area contributed by atoms with Crippen LogP contribution in [0.2, 0.25) is 5.02 Å². The summed E-state index contributed by atoms with van der Waals surface area (Å²) in [5, 5.41) is 19.5. The van der Waals surface area contributed by atoms with Crippen molar-refractivity contribution in [1.29, 1.82) is 0 Å². The quantitative estimate of drug-likeness (QED) is 0.807. The van der Waals surface area contributed by atoms with E-state index in [0.29, 0.717) is 5.56 Å². The SMILES string of the molecule is CC(C(=O)O)c1c(O)c(Cl)cc2c1CCCCC2. The predicted octanol–water partition coefficient (Wildman–Crippen LogP) is 3.50. The maximum atomic E-state index is 11.2. The third-order valence-electron chi connectivity index (χ3n) is 3.67. The van der Waals surface area contributed by atoms with Crippen LogP contribution in [0.5, 0.6) is 5.75 Å². The van der Waals surface area contributed by atoms with E-state index in [1.165, 1.54) is 0 Å². The molecule has 0 radical (unpaired) electrons. The van der Waals surface area contributed by atoms with Crippen LogP contribution in [0.15, 0.2) is 6.07 Å². The maximum absolute atomic E-state index is 11.2. The summed E-state index contributed by atoms with van der Waals surface area (Å²) < 4.78 is 0. The molecule has 0 heterocycles. The van der Waals surface area contributed by atoms with Crippen molar-refractivity contribution in [2.24, 2.45) is 0 Å². The van der Waals surface area contributed by atoms with Gasteiger partial charge in [-0.15, -0.1) is 0 Å². The van der Waals surface area contributed by atoms with Crippen molar-refractivity contribution in [3.8, 4) is 5.75 Å². The summed E-state index contributed by atoms with van der Waals surface area (Å²) in [4.78, 5) is 11.2. The molecule has 0 aromatic heterocycles. The molecule has 0 spiro atoms. The van der Waals surface area contributed by atoms with Gasteiger partial charge in [-0.25, -0.2) is 0 Å². The van der Waals surface area contributed by atoms with Gasteiger partial charge in [-0.05, 0) is 49.8 Å². The Kier molecular flexibility index (Phi) is 3.81. The van der Waals surface area contributed by atoms with Crippen molar-refractivity contribution in [3.05, 3.63) is 27.8 Å². The number of hydrogen-bond donors (Lipinski definition) is 2. The number of phenolic OH excluding ortho intramolecular Hbond substituents is 1. The van der Waals surface area contributed by atoms with Gasteiger partial charge in [0.1, 0.15) is 5.75 Å². The van der Waals surface area contributed by atoms with Crippen molar-refractivity contribution < 1.29 is 15.0 Å². The zero-order valence-electron chi connectivity index (χ0n) is 10.4. The van der Waals surface area contributed by atoms with Crippen LogP contribution in [-0.2, 0) is 17.6 Å². The molecule has 2 rings (SSSR count). The molecule has 0 bridgehead atoms. The molecule has 3 nitrogen and oxygen atoms in total. The summed E-state index contributed by atoms with van der Waals surface area (Å²) in [6.07, 6.45) is 5.00. The lowest BCUT2D eigenvalue weighted by atomic mass is 9.89. The molecule has 0 amide bonds. The highest BCUT2D eigenvalue weighted by atomic mass is 35.5. The van der Waals surface area contributed by atoms with Crippen molar-refractivity contribution in [3.63, 3.8) is 0 Å². The lowest BCUT2D eigenvalue weighted by molar-refractivity contribution is -0.138. The van der Waals surface area contributed by atoms with E-state index in [1.807, 2.05) is 0 Å². The molecule has 0 fully saturated rings. The normalized spacial score (nSPS) is 16.8. The summed E-state index contributed by atoms with van der Waals surface area (Å²) in [5.41, 5.74) is 2.59. The Balaban J connectivity index is 2.61. The molecule has 0 saturated carbocycles. The number of aliphatic carboxylic acids is 1. The Morgan fingerprint density at radius 3 is 2.67 bits per heavy atom. The van der Waals surface area contributed by atoms with Crippen LogP contribution in [0.4, 0.5) is 0 Å². The Morgan fingerprint density at radius 1 is 1.33 bits per heavy atom. The van der Waals surface area contributed by atoms with Crippen molar-refractivity contribution in [2.75, 3.05) is 0 Å². The van der Waals surface area contributed by atoms with Crippen LogP contribution in [0.1, 0.15) is 48.8 Å². The van der Waals surface area contributed by atoms with Crippen molar-refractivity contribution in [1.82, 2.24) is 0 Å². The van der Waals surface area contributed by atoms with Gasteiger partial charge in [0.15, 0.2) is 0 Å². The lowest BCUT2D eigenvalue weighted by Crippen LogP contribution is -2.12.